The first-order valence-electron chi connectivity index (χ1n) is 7.08. The molecule has 1 aromatic rings. The van der Waals surface area contributed by atoms with Crippen LogP contribution in [0.4, 0.5) is 5.69 Å². The summed E-state index contributed by atoms with van der Waals surface area (Å²) in [7, 11) is -3.49. The molecular weight excluding hydrogens is 272 g/mol. The van der Waals surface area contributed by atoms with E-state index in [1.165, 1.54) is 6.07 Å². The third-order valence-electron chi connectivity index (χ3n) is 4.03. The number of nitrogens with one attached hydrogen (secondary N) is 1. The van der Waals surface area contributed by atoms with E-state index in [0.29, 0.717) is 10.6 Å². The van der Waals surface area contributed by atoms with E-state index in [1.54, 1.807) is 19.1 Å². The van der Waals surface area contributed by atoms with E-state index < -0.39 is 10.0 Å². The van der Waals surface area contributed by atoms with Crippen LogP contribution in [0.1, 0.15) is 45.1 Å². The average Bonchev–Trinajstić information content (AvgIpc) is 2.30. The molecule has 0 aliphatic heterocycles. The fraction of sp³-hybridized carbons (Fsp3) is 0.600. The highest BCUT2D eigenvalue weighted by Gasteiger charge is 2.31. The van der Waals surface area contributed by atoms with Gasteiger partial charge in [-0.1, -0.05) is 26.3 Å². The molecule has 1 fully saturated rings. The summed E-state index contributed by atoms with van der Waals surface area (Å²) in [6.07, 6.45) is 4.01. The standard InChI is InChI=1S/C15H24N2O2S/c1-11-6-7-12(16)9-14(11)20(18,19)17-13-5-4-8-15(2,3)10-13/h6-7,9,13,17H,4-5,8,10,16H2,1-3H3. The Morgan fingerprint density at radius 1 is 1.35 bits per heavy atom. The van der Waals surface area contributed by atoms with Crippen molar-refractivity contribution in [3.63, 3.8) is 0 Å². The lowest BCUT2D eigenvalue weighted by atomic mass is 9.75. The van der Waals surface area contributed by atoms with Gasteiger partial charge in [-0.05, 0) is 49.3 Å². The van der Waals surface area contributed by atoms with Gasteiger partial charge in [0.1, 0.15) is 0 Å². The van der Waals surface area contributed by atoms with Gasteiger partial charge < -0.3 is 5.73 Å². The van der Waals surface area contributed by atoms with Crippen LogP contribution in [-0.4, -0.2) is 14.5 Å². The Bertz CT molecular complexity index is 594. The lowest BCUT2D eigenvalue weighted by molar-refractivity contribution is 0.212. The number of nitrogen functional groups attached to an aromatic ring is 1. The highest BCUT2D eigenvalue weighted by Crippen LogP contribution is 2.35. The highest BCUT2D eigenvalue weighted by atomic mass is 32.2. The second-order valence-corrected chi connectivity index (χ2v) is 8.29. The molecule has 3 N–H and O–H groups in total. The van der Waals surface area contributed by atoms with Gasteiger partial charge in [-0.15, -0.1) is 0 Å². The van der Waals surface area contributed by atoms with E-state index in [0.717, 1.165) is 31.2 Å². The van der Waals surface area contributed by atoms with Crippen molar-refractivity contribution in [2.24, 2.45) is 5.41 Å². The topological polar surface area (TPSA) is 72.2 Å². The number of benzene rings is 1. The van der Waals surface area contributed by atoms with Crippen LogP contribution < -0.4 is 10.5 Å². The lowest BCUT2D eigenvalue weighted by Crippen LogP contribution is -2.40. The summed E-state index contributed by atoms with van der Waals surface area (Å²) in [6.45, 7) is 6.18. The molecule has 0 bridgehead atoms. The molecule has 0 heterocycles. The van der Waals surface area contributed by atoms with Gasteiger partial charge in [0.15, 0.2) is 0 Å². The highest BCUT2D eigenvalue weighted by molar-refractivity contribution is 7.89. The number of hydrogen-bond acceptors (Lipinski definition) is 3. The van der Waals surface area contributed by atoms with E-state index in [4.69, 9.17) is 5.73 Å². The summed E-state index contributed by atoms with van der Waals surface area (Å²) in [5, 5.41) is 0. The second-order valence-electron chi connectivity index (χ2n) is 6.60. The predicted molar refractivity (Wildman–Crippen MR) is 81.9 cm³/mol. The minimum Gasteiger partial charge on any atom is -0.399 e. The van der Waals surface area contributed by atoms with E-state index in [1.807, 2.05) is 0 Å². The maximum atomic E-state index is 12.5. The Morgan fingerprint density at radius 3 is 2.70 bits per heavy atom. The van der Waals surface area contributed by atoms with Gasteiger partial charge in [0, 0.05) is 11.7 Å². The van der Waals surface area contributed by atoms with Crippen LogP contribution in [-0.2, 0) is 10.0 Å². The first-order chi connectivity index (χ1) is 9.20. The fourth-order valence-electron chi connectivity index (χ4n) is 2.99. The van der Waals surface area contributed by atoms with Crippen LogP contribution in [0.5, 0.6) is 0 Å². The Labute approximate surface area is 121 Å². The Kier molecular flexibility index (Phi) is 4.12. The number of aryl methyl sites for hydroxylation is 1. The molecule has 5 heteroatoms. The van der Waals surface area contributed by atoms with Crippen molar-refractivity contribution >= 4 is 15.7 Å². The quantitative estimate of drug-likeness (QED) is 0.842. The molecule has 1 aliphatic rings. The summed E-state index contributed by atoms with van der Waals surface area (Å²) in [5.41, 5.74) is 7.11. The third-order valence-corrected chi connectivity index (χ3v) is 5.69. The number of nitrogens with two attached hydrogens (primary N) is 1. The number of rotatable bonds is 3. The zero-order valence-corrected chi connectivity index (χ0v) is 13.3. The van der Waals surface area contributed by atoms with Gasteiger partial charge in [-0.25, -0.2) is 13.1 Å². The van der Waals surface area contributed by atoms with Crippen LogP contribution in [0.2, 0.25) is 0 Å². The van der Waals surface area contributed by atoms with Gasteiger partial charge in [0.05, 0.1) is 4.90 Å². The minimum absolute atomic E-state index is 0.0181. The molecule has 1 saturated carbocycles. The summed E-state index contributed by atoms with van der Waals surface area (Å²) in [4.78, 5) is 0.292. The van der Waals surface area contributed by atoms with Crippen molar-refractivity contribution in [3.8, 4) is 0 Å². The third kappa shape index (κ3) is 3.52. The van der Waals surface area contributed by atoms with Gasteiger partial charge >= 0.3 is 0 Å². The monoisotopic (exact) mass is 296 g/mol. The molecule has 1 atom stereocenters. The number of hydrogen-bond donors (Lipinski definition) is 2. The van der Waals surface area contributed by atoms with Crippen molar-refractivity contribution in [2.45, 2.75) is 57.4 Å². The smallest absolute Gasteiger partial charge is 0.241 e. The molecule has 1 aromatic carbocycles. The van der Waals surface area contributed by atoms with Gasteiger partial charge in [-0.3, -0.25) is 0 Å². The second kappa shape index (κ2) is 5.37. The molecule has 20 heavy (non-hydrogen) atoms. The van der Waals surface area contributed by atoms with Gasteiger partial charge in [-0.2, -0.15) is 0 Å². The van der Waals surface area contributed by atoms with Crippen LogP contribution in [0.25, 0.3) is 0 Å². The molecule has 112 valence electrons. The van der Waals surface area contributed by atoms with E-state index in [2.05, 4.69) is 18.6 Å². The first kappa shape index (κ1) is 15.3. The van der Waals surface area contributed by atoms with Crippen LogP contribution in [0.3, 0.4) is 0 Å². The Morgan fingerprint density at radius 2 is 2.05 bits per heavy atom. The van der Waals surface area contributed by atoms with Crippen molar-refractivity contribution in [1.82, 2.24) is 4.72 Å². The molecule has 0 spiro atoms. The molecule has 2 rings (SSSR count). The molecule has 1 unspecified atom stereocenters. The molecule has 4 nitrogen and oxygen atoms in total. The summed E-state index contributed by atoms with van der Waals surface area (Å²) >= 11 is 0. The summed E-state index contributed by atoms with van der Waals surface area (Å²) in [5.74, 6) is 0. The lowest BCUT2D eigenvalue weighted by Gasteiger charge is -2.35. The molecule has 0 saturated heterocycles. The van der Waals surface area contributed by atoms with E-state index in [-0.39, 0.29) is 11.5 Å². The molecule has 0 aromatic heterocycles. The normalized spacial score (nSPS) is 22.6. The number of sulfonamides is 1. The van der Waals surface area contributed by atoms with Crippen molar-refractivity contribution in [2.75, 3.05) is 5.73 Å². The molecule has 1 aliphatic carbocycles. The van der Waals surface area contributed by atoms with Crippen LogP contribution in [0.15, 0.2) is 23.1 Å². The summed E-state index contributed by atoms with van der Waals surface area (Å²) < 4.78 is 27.9. The fourth-order valence-corrected chi connectivity index (χ4v) is 4.54. The van der Waals surface area contributed by atoms with E-state index in [9.17, 15) is 8.42 Å². The van der Waals surface area contributed by atoms with Gasteiger partial charge in [0.25, 0.3) is 0 Å². The number of anilines is 1. The molecule has 0 radical (unpaired) electrons. The van der Waals surface area contributed by atoms with Crippen molar-refractivity contribution in [3.05, 3.63) is 23.8 Å². The van der Waals surface area contributed by atoms with Crippen molar-refractivity contribution in [1.29, 1.82) is 0 Å². The maximum Gasteiger partial charge on any atom is 0.241 e. The van der Waals surface area contributed by atoms with Crippen molar-refractivity contribution < 1.29 is 8.42 Å². The van der Waals surface area contributed by atoms with Crippen LogP contribution in [0, 0.1) is 12.3 Å². The van der Waals surface area contributed by atoms with Crippen LogP contribution >= 0.6 is 0 Å². The predicted octanol–water partition coefficient (Wildman–Crippen LogP) is 2.82. The summed E-state index contributed by atoms with van der Waals surface area (Å²) in [6, 6.07) is 5.02. The zero-order chi connectivity index (χ0) is 15.0. The largest absolute Gasteiger partial charge is 0.399 e. The zero-order valence-electron chi connectivity index (χ0n) is 12.4. The SMILES string of the molecule is Cc1ccc(N)cc1S(=O)(=O)NC1CCCC(C)(C)C1. The average molecular weight is 296 g/mol. The molecule has 0 amide bonds. The van der Waals surface area contributed by atoms with E-state index >= 15 is 0 Å². The Hall–Kier alpha value is -1.07. The Balaban J connectivity index is 2.21. The first-order valence-corrected chi connectivity index (χ1v) is 8.56. The molecular formula is C15H24N2O2S. The maximum absolute atomic E-state index is 12.5. The minimum atomic E-state index is -3.49. The van der Waals surface area contributed by atoms with Gasteiger partial charge in [0.2, 0.25) is 10.0 Å².